The highest BCUT2D eigenvalue weighted by Crippen LogP contribution is 2.34. The molecule has 0 radical (unpaired) electrons. The molecule has 1 N–H and O–H groups in total. The minimum atomic E-state index is -3.40. The van der Waals surface area contributed by atoms with Gasteiger partial charge in [-0.3, -0.25) is 0 Å². The highest BCUT2D eigenvalue weighted by molar-refractivity contribution is 9.11. The quantitative estimate of drug-likeness (QED) is 0.613. The molecule has 0 unspecified atom stereocenters. The first-order valence-electron chi connectivity index (χ1n) is 3.98. The first-order chi connectivity index (χ1) is 6.97. The molecule has 0 saturated carbocycles. The maximum absolute atomic E-state index is 11.7. The van der Waals surface area contributed by atoms with Gasteiger partial charge in [0.25, 0.3) is 0 Å². The molecule has 0 amide bonds. The van der Waals surface area contributed by atoms with Gasteiger partial charge in [-0.05, 0) is 28.4 Å². The second-order valence-electron chi connectivity index (χ2n) is 2.63. The number of rotatable bonds is 5. The zero-order chi connectivity index (χ0) is 11.5. The molecule has 0 aliphatic rings. The molecule has 0 saturated heterocycles. The SMILES string of the molecule is O=S(=O)(NCCCBr)c1cc(Cl)c(Br)s1. The van der Waals surface area contributed by atoms with Crippen molar-refractivity contribution in [3.8, 4) is 0 Å². The fourth-order valence-corrected chi connectivity index (χ4v) is 4.60. The van der Waals surface area contributed by atoms with E-state index in [1.165, 1.54) is 6.07 Å². The van der Waals surface area contributed by atoms with E-state index >= 15 is 0 Å². The van der Waals surface area contributed by atoms with E-state index in [4.69, 9.17) is 11.6 Å². The average molecular weight is 398 g/mol. The Morgan fingerprint density at radius 2 is 2.20 bits per heavy atom. The van der Waals surface area contributed by atoms with Gasteiger partial charge in [-0.1, -0.05) is 27.5 Å². The minimum absolute atomic E-state index is 0.231. The van der Waals surface area contributed by atoms with Crippen molar-refractivity contribution in [2.75, 3.05) is 11.9 Å². The summed E-state index contributed by atoms with van der Waals surface area (Å²) in [6, 6.07) is 1.44. The number of hydrogen-bond donors (Lipinski definition) is 1. The lowest BCUT2D eigenvalue weighted by Crippen LogP contribution is -2.24. The summed E-state index contributed by atoms with van der Waals surface area (Å²) >= 11 is 13.3. The van der Waals surface area contributed by atoms with Crippen LogP contribution in [-0.2, 0) is 10.0 Å². The van der Waals surface area contributed by atoms with Crippen LogP contribution in [0.1, 0.15) is 6.42 Å². The van der Waals surface area contributed by atoms with E-state index in [9.17, 15) is 8.42 Å². The van der Waals surface area contributed by atoms with E-state index in [0.717, 1.165) is 23.1 Å². The minimum Gasteiger partial charge on any atom is -0.210 e. The van der Waals surface area contributed by atoms with Crippen LogP contribution in [0.5, 0.6) is 0 Å². The van der Waals surface area contributed by atoms with E-state index in [1.54, 1.807) is 0 Å². The molecule has 1 aromatic heterocycles. The molecule has 1 heterocycles. The first kappa shape index (κ1) is 13.9. The van der Waals surface area contributed by atoms with Crippen molar-refractivity contribution in [1.82, 2.24) is 4.72 Å². The van der Waals surface area contributed by atoms with Crippen LogP contribution >= 0.6 is 54.8 Å². The number of nitrogens with one attached hydrogen (secondary N) is 1. The normalized spacial score (nSPS) is 11.9. The number of halogens is 3. The van der Waals surface area contributed by atoms with Gasteiger partial charge in [0.05, 0.1) is 8.81 Å². The molecule has 0 bridgehead atoms. The van der Waals surface area contributed by atoms with Crippen LogP contribution in [0.25, 0.3) is 0 Å². The van der Waals surface area contributed by atoms with Crippen LogP contribution < -0.4 is 4.72 Å². The van der Waals surface area contributed by atoms with Crippen molar-refractivity contribution < 1.29 is 8.42 Å². The van der Waals surface area contributed by atoms with E-state index in [0.29, 0.717) is 15.4 Å². The molecule has 0 aliphatic carbocycles. The lowest BCUT2D eigenvalue weighted by atomic mass is 10.5. The predicted octanol–water partition coefficient (Wildman–Crippen LogP) is 3.23. The van der Waals surface area contributed by atoms with Gasteiger partial charge in [-0.15, -0.1) is 11.3 Å². The van der Waals surface area contributed by atoms with Crippen LogP contribution in [0.2, 0.25) is 5.02 Å². The first-order valence-corrected chi connectivity index (χ1v) is 8.57. The molecule has 1 aromatic rings. The second-order valence-corrected chi connectivity index (χ2v) is 8.19. The molecule has 0 atom stereocenters. The largest absolute Gasteiger partial charge is 0.250 e. The zero-order valence-corrected chi connectivity index (χ0v) is 13.0. The lowest BCUT2D eigenvalue weighted by Gasteiger charge is -2.02. The summed E-state index contributed by atoms with van der Waals surface area (Å²) in [5, 5.41) is 1.19. The predicted molar refractivity (Wildman–Crippen MR) is 70.6 cm³/mol. The Morgan fingerprint density at radius 1 is 1.53 bits per heavy atom. The Labute approximate surface area is 115 Å². The standard InChI is InChI=1S/C7H8Br2ClNO2S2/c8-2-1-3-11-15(12,13)6-4-5(10)7(9)14-6/h4,11H,1-3H2. The van der Waals surface area contributed by atoms with Gasteiger partial charge in [0, 0.05) is 11.9 Å². The molecule has 0 fully saturated rings. The monoisotopic (exact) mass is 395 g/mol. The van der Waals surface area contributed by atoms with Crippen molar-refractivity contribution >= 4 is 64.8 Å². The third-order valence-corrected chi connectivity index (χ3v) is 6.46. The van der Waals surface area contributed by atoms with E-state index in [1.807, 2.05) is 0 Å². The van der Waals surface area contributed by atoms with Gasteiger partial charge in [-0.2, -0.15) is 0 Å². The van der Waals surface area contributed by atoms with Crippen LogP contribution in [0.4, 0.5) is 0 Å². The Kier molecular flexibility index (Phi) is 5.54. The smallest absolute Gasteiger partial charge is 0.210 e. The Morgan fingerprint density at radius 3 is 2.67 bits per heavy atom. The Hall–Kier alpha value is 0.860. The molecule has 0 spiro atoms. The molecular formula is C7H8Br2ClNO2S2. The summed E-state index contributed by atoms with van der Waals surface area (Å²) in [4.78, 5) is 0. The van der Waals surface area contributed by atoms with Gasteiger partial charge in [-0.25, -0.2) is 13.1 Å². The highest BCUT2D eigenvalue weighted by Gasteiger charge is 2.17. The molecular weight excluding hydrogens is 389 g/mol. The molecule has 15 heavy (non-hydrogen) atoms. The fraction of sp³-hybridized carbons (Fsp3) is 0.429. The Bertz CT molecular complexity index is 413. The number of thiophene rings is 1. The summed E-state index contributed by atoms with van der Waals surface area (Å²) in [5.41, 5.74) is 0. The number of hydrogen-bond acceptors (Lipinski definition) is 3. The summed E-state index contributed by atoms with van der Waals surface area (Å²) in [6.45, 7) is 0.417. The average Bonchev–Trinajstić information content (AvgIpc) is 2.48. The summed E-state index contributed by atoms with van der Waals surface area (Å²) in [7, 11) is -3.40. The number of alkyl halides is 1. The van der Waals surface area contributed by atoms with Crippen molar-refractivity contribution in [2.24, 2.45) is 0 Å². The lowest BCUT2D eigenvalue weighted by molar-refractivity contribution is 0.583. The topological polar surface area (TPSA) is 46.2 Å². The van der Waals surface area contributed by atoms with Crippen molar-refractivity contribution in [3.05, 3.63) is 14.9 Å². The third kappa shape index (κ3) is 3.98. The maximum atomic E-state index is 11.7. The molecule has 1 rings (SSSR count). The van der Waals surface area contributed by atoms with Gasteiger partial charge in [0.15, 0.2) is 0 Å². The van der Waals surface area contributed by atoms with E-state index in [-0.39, 0.29) is 4.21 Å². The van der Waals surface area contributed by atoms with Crippen LogP contribution in [0.3, 0.4) is 0 Å². The second kappa shape index (κ2) is 5.97. The fourth-order valence-electron chi connectivity index (χ4n) is 0.804. The van der Waals surface area contributed by atoms with Gasteiger partial charge >= 0.3 is 0 Å². The number of sulfonamides is 1. The van der Waals surface area contributed by atoms with E-state index in [2.05, 4.69) is 36.6 Å². The van der Waals surface area contributed by atoms with Gasteiger partial charge < -0.3 is 0 Å². The van der Waals surface area contributed by atoms with Crippen molar-refractivity contribution in [1.29, 1.82) is 0 Å². The molecule has 86 valence electrons. The van der Waals surface area contributed by atoms with Crippen LogP contribution in [0.15, 0.2) is 14.1 Å². The zero-order valence-electron chi connectivity index (χ0n) is 7.47. The summed E-state index contributed by atoms with van der Waals surface area (Å²) in [5.74, 6) is 0. The van der Waals surface area contributed by atoms with E-state index < -0.39 is 10.0 Å². The molecule has 0 aromatic carbocycles. The highest BCUT2D eigenvalue weighted by atomic mass is 79.9. The molecule has 3 nitrogen and oxygen atoms in total. The maximum Gasteiger partial charge on any atom is 0.250 e. The molecule has 0 aliphatic heterocycles. The summed E-state index contributed by atoms with van der Waals surface area (Å²) < 4.78 is 26.7. The van der Waals surface area contributed by atoms with Crippen LogP contribution in [-0.4, -0.2) is 20.3 Å². The van der Waals surface area contributed by atoms with Crippen molar-refractivity contribution in [3.63, 3.8) is 0 Å². The van der Waals surface area contributed by atoms with Gasteiger partial charge in [0.2, 0.25) is 10.0 Å². The molecule has 8 heteroatoms. The Balaban J connectivity index is 2.77. The summed E-state index contributed by atoms with van der Waals surface area (Å²) in [6.07, 6.45) is 0.750. The van der Waals surface area contributed by atoms with Crippen molar-refractivity contribution in [2.45, 2.75) is 10.6 Å². The van der Waals surface area contributed by atoms with Crippen LogP contribution in [0, 0.1) is 0 Å². The van der Waals surface area contributed by atoms with Gasteiger partial charge in [0.1, 0.15) is 4.21 Å². The third-order valence-electron chi connectivity index (χ3n) is 1.49.